The molecule has 1 aliphatic rings. The largest absolute Gasteiger partial charge is 0.407 e. The summed E-state index contributed by atoms with van der Waals surface area (Å²) < 4.78 is 62.3. The van der Waals surface area contributed by atoms with Crippen LogP contribution in [0.15, 0.2) is 18.2 Å². The Morgan fingerprint density at radius 2 is 1.92 bits per heavy atom. The maximum atomic E-state index is 13.2. The Labute approximate surface area is 153 Å². The van der Waals surface area contributed by atoms with Crippen molar-refractivity contribution in [3.63, 3.8) is 0 Å². The van der Waals surface area contributed by atoms with Crippen molar-refractivity contribution in [1.82, 2.24) is 4.90 Å². The van der Waals surface area contributed by atoms with E-state index in [0.29, 0.717) is 6.07 Å². The van der Waals surface area contributed by atoms with E-state index in [0.717, 1.165) is 21.9 Å². The first-order chi connectivity index (χ1) is 11.7. The number of nitrogens with two attached hydrogens (primary N) is 1. The van der Waals surface area contributed by atoms with E-state index in [9.17, 15) is 26.4 Å². The second kappa shape index (κ2) is 6.19. The highest BCUT2D eigenvalue weighted by Crippen LogP contribution is 2.40. The number of alkyl halides is 3. The lowest BCUT2D eigenvalue weighted by Crippen LogP contribution is -2.47. The van der Waals surface area contributed by atoms with Gasteiger partial charge in [-0.15, -0.1) is 0 Å². The molecule has 1 aromatic rings. The average Bonchev–Trinajstić information content (AvgIpc) is 2.65. The van der Waals surface area contributed by atoms with E-state index in [1.807, 2.05) is 0 Å². The summed E-state index contributed by atoms with van der Waals surface area (Å²) in [4.78, 5) is 17.3. The number of carbonyl (C=O) groups is 1. The van der Waals surface area contributed by atoms with Crippen LogP contribution in [0.2, 0.25) is 0 Å². The van der Waals surface area contributed by atoms with Gasteiger partial charge in [0.1, 0.15) is 11.4 Å². The smallest absolute Gasteiger partial charge is 0.318 e. The van der Waals surface area contributed by atoms with Gasteiger partial charge in [-0.25, -0.2) is 18.4 Å². The van der Waals surface area contributed by atoms with Crippen LogP contribution < -0.4 is 10.0 Å². The molecule has 1 heterocycles. The lowest BCUT2D eigenvalue weighted by atomic mass is 10.0. The minimum absolute atomic E-state index is 0.218. The van der Waals surface area contributed by atoms with Crippen LogP contribution in [0.5, 0.6) is 0 Å². The monoisotopic (exact) mass is 406 g/mol. The molecule has 0 radical (unpaired) electrons. The molecule has 1 saturated heterocycles. The first-order valence-corrected chi connectivity index (χ1v) is 9.08. The maximum Gasteiger partial charge on any atom is 0.407 e. The fourth-order valence-electron chi connectivity index (χ4n) is 2.45. The molecule has 1 aromatic carbocycles. The van der Waals surface area contributed by atoms with E-state index in [-0.39, 0.29) is 10.8 Å². The van der Waals surface area contributed by atoms with Gasteiger partial charge in [0.05, 0.1) is 12.1 Å². The molecule has 2 N–H and O–H groups in total. The number of halogens is 3. The van der Waals surface area contributed by atoms with Gasteiger partial charge in [-0.2, -0.15) is 13.2 Å². The van der Waals surface area contributed by atoms with Crippen molar-refractivity contribution in [2.45, 2.75) is 25.6 Å². The molecule has 0 aliphatic carbocycles. The van der Waals surface area contributed by atoms with Crippen molar-refractivity contribution in [2.75, 3.05) is 10.8 Å². The molecule has 1 aliphatic heterocycles. The molecule has 140 valence electrons. The molecular formula is C14H13F3N4O3S2. The molecule has 12 heteroatoms. The number of sulfonamides is 1. The highest BCUT2D eigenvalue weighted by Gasteiger charge is 2.50. The minimum Gasteiger partial charge on any atom is -0.318 e. The van der Waals surface area contributed by atoms with Crippen LogP contribution in [0.25, 0.3) is 4.85 Å². The molecule has 0 spiro atoms. The number of hydrogen-bond acceptors (Lipinski definition) is 4. The van der Waals surface area contributed by atoms with Crippen molar-refractivity contribution in [2.24, 2.45) is 5.14 Å². The summed E-state index contributed by atoms with van der Waals surface area (Å²) in [7, 11) is -4.04. The summed E-state index contributed by atoms with van der Waals surface area (Å²) in [5, 5.41) is 4.71. The van der Waals surface area contributed by atoms with E-state index in [1.54, 1.807) is 0 Å². The van der Waals surface area contributed by atoms with Gasteiger partial charge in [0.15, 0.2) is 10.8 Å². The molecule has 7 nitrogen and oxygen atoms in total. The fourth-order valence-corrected chi connectivity index (χ4v) is 3.82. The maximum absolute atomic E-state index is 13.2. The summed E-state index contributed by atoms with van der Waals surface area (Å²) in [5.41, 5.74) is -3.49. The lowest BCUT2D eigenvalue weighted by molar-refractivity contribution is -0.136. The van der Waals surface area contributed by atoms with Crippen LogP contribution in [-0.4, -0.2) is 35.8 Å². The average molecular weight is 406 g/mol. The summed E-state index contributed by atoms with van der Waals surface area (Å²) >= 11 is 5.11. The Morgan fingerprint density at radius 3 is 2.38 bits per heavy atom. The molecule has 0 bridgehead atoms. The highest BCUT2D eigenvalue weighted by atomic mass is 32.2. The van der Waals surface area contributed by atoms with Gasteiger partial charge in [-0.05, 0) is 38.2 Å². The Balaban J connectivity index is 2.58. The second-order valence-electron chi connectivity index (χ2n) is 6.01. The number of rotatable bonds is 3. The van der Waals surface area contributed by atoms with Crippen molar-refractivity contribution in [3.8, 4) is 0 Å². The predicted octanol–water partition coefficient (Wildman–Crippen LogP) is 2.21. The molecule has 26 heavy (non-hydrogen) atoms. The van der Waals surface area contributed by atoms with Crippen molar-refractivity contribution >= 4 is 44.6 Å². The number of nitrogens with zero attached hydrogens (tertiary/aromatic N) is 3. The predicted molar refractivity (Wildman–Crippen MR) is 91.7 cm³/mol. The van der Waals surface area contributed by atoms with Crippen LogP contribution in [-0.2, 0) is 21.0 Å². The summed E-state index contributed by atoms with van der Waals surface area (Å²) in [6, 6.07) is 2.70. The van der Waals surface area contributed by atoms with E-state index in [1.165, 1.54) is 13.8 Å². The third-order valence-corrected chi connectivity index (χ3v) is 4.82. The summed E-state index contributed by atoms with van der Waals surface area (Å²) in [6.07, 6.45) is -4.81. The van der Waals surface area contributed by atoms with Gasteiger partial charge in [0.2, 0.25) is 10.0 Å². The number of carbonyl (C=O) groups excluding carboxylic acids is 1. The first-order valence-electron chi connectivity index (χ1n) is 6.95. The summed E-state index contributed by atoms with van der Waals surface area (Å²) in [6.45, 7) is 9.61. The molecule has 0 aromatic heterocycles. The number of anilines is 1. The van der Waals surface area contributed by atoms with Crippen LogP contribution in [0.4, 0.5) is 24.5 Å². The third-order valence-electron chi connectivity index (χ3n) is 3.80. The van der Waals surface area contributed by atoms with Gasteiger partial charge in [0.25, 0.3) is 5.91 Å². The highest BCUT2D eigenvalue weighted by molar-refractivity contribution is 7.89. The third kappa shape index (κ3) is 3.50. The van der Waals surface area contributed by atoms with E-state index in [4.69, 9.17) is 23.9 Å². The van der Waals surface area contributed by atoms with Gasteiger partial charge in [-0.1, -0.05) is 6.07 Å². The molecule has 1 amide bonds. The van der Waals surface area contributed by atoms with E-state index < -0.39 is 44.8 Å². The SMILES string of the molecule is [C-]#[N+]c1ccc(N2C(=O)C(C)(C)N(CS(N)(=O)=O)C2=S)cc1C(F)(F)F. The van der Waals surface area contributed by atoms with E-state index >= 15 is 0 Å². The standard InChI is InChI=1S/C14H13F3N4O3S2/c1-13(2)11(22)21(12(25)20(13)7-26(18,23)24)8-4-5-10(19-3)9(6-8)14(15,16)17/h4-6H,7H2,1-2H3,(H2,18,23,24). The molecular weight excluding hydrogens is 393 g/mol. The second-order valence-corrected chi connectivity index (χ2v) is 7.96. The Morgan fingerprint density at radius 1 is 1.35 bits per heavy atom. The number of thiocarbonyl (C=S) groups is 1. The Hall–Kier alpha value is -2.23. The zero-order chi connectivity index (χ0) is 20.1. The normalized spacial score (nSPS) is 17.6. The van der Waals surface area contributed by atoms with Crippen LogP contribution in [0.3, 0.4) is 0 Å². The van der Waals surface area contributed by atoms with Crippen LogP contribution in [0.1, 0.15) is 19.4 Å². The number of primary sulfonamides is 1. The number of benzene rings is 1. The Kier molecular flexibility index (Phi) is 4.78. The zero-order valence-electron chi connectivity index (χ0n) is 13.5. The van der Waals surface area contributed by atoms with E-state index in [2.05, 4.69) is 4.85 Å². The lowest BCUT2D eigenvalue weighted by Gasteiger charge is -2.28. The minimum atomic E-state index is -4.81. The van der Waals surface area contributed by atoms with Gasteiger partial charge in [-0.3, -0.25) is 9.69 Å². The number of hydrogen-bond donors (Lipinski definition) is 1. The van der Waals surface area contributed by atoms with Crippen LogP contribution in [0, 0.1) is 6.57 Å². The Bertz CT molecular complexity index is 936. The van der Waals surface area contributed by atoms with Gasteiger partial charge >= 0.3 is 6.18 Å². The quantitative estimate of drug-likeness (QED) is 0.614. The van der Waals surface area contributed by atoms with Gasteiger partial charge in [0, 0.05) is 5.69 Å². The fraction of sp³-hybridized carbons (Fsp3) is 0.357. The van der Waals surface area contributed by atoms with Crippen molar-refractivity contribution < 1.29 is 26.4 Å². The molecule has 0 atom stereocenters. The molecule has 2 rings (SSSR count). The summed E-state index contributed by atoms with van der Waals surface area (Å²) in [5.74, 6) is -1.48. The molecule has 0 saturated carbocycles. The van der Waals surface area contributed by atoms with Crippen molar-refractivity contribution in [1.29, 1.82) is 0 Å². The molecule has 1 fully saturated rings. The number of amides is 1. The molecule has 0 unspecified atom stereocenters. The van der Waals surface area contributed by atoms with Crippen LogP contribution >= 0.6 is 12.2 Å². The van der Waals surface area contributed by atoms with Gasteiger partial charge < -0.3 is 4.90 Å². The first kappa shape index (κ1) is 20.1. The van der Waals surface area contributed by atoms with Crippen molar-refractivity contribution in [3.05, 3.63) is 35.2 Å². The zero-order valence-corrected chi connectivity index (χ0v) is 15.2. The topological polar surface area (TPSA) is 88.1 Å².